The van der Waals surface area contributed by atoms with Crippen molar-refractivity contribution < 1.29 is 23.8 Å². The van der Waals surface area contributed by atoms with Crippen molar-refractivity contribution in [1.29, 1.82) is 0 Å². The molecule has 0 heterocycles. The molecule has 0 fully saturated rings. The van der Waals surface area contributed by atoms with Crippen LogP contribution in [-0.2, 0) is 9.53 Å². The summed E-state index contributed by atoms with van der Waals surface area (Å²) in [7, 11) is 0. The molecular weight excluding hydrogens is 289 g/mol. The third kappa shape index (κ3) is 3.82. The van der Waals surface area contributed by atoms with Crippen LogP contribution in [0.15, 0.2) is 42.5 Å². The summed E-state index contributed by atoms with van der Waals surface area (Å²) in [5.41, 5.74) is 0.701. The van der Waals surface area contributed by atoms with Crippen LogP contribution in [-0.4, -0.2) is 23.6 Å². The van der Waals surface area contributed by atoms with Crippen LogP contribution in [0.4, 0.5) is 10.1 Å². The lowest BCUT2D eigenvalue weighted by Gasteiger charge is -2.08. The average molecular weight is 303 g/mol. The molecule has 0 atom stereocenters. The number of benzene rings is 2. The lowest BCUT2D eigenvalue weighted by Crippen LogP contribution is -2.21. The number of aromatic hydroxyl groups is 1. The zero-order chi connectivity index (χ0) is 16.1. The summed E-state index contributed by atoms with van der Waals surface area (Å²) in [6, 6.07) is 10.1. The fourth-order valence-electron chi connectivity index (χ4n) is 1.72. The van der Waals surface area contributed by atoms with Crippen LogP contribution in [0.3, 0.4) is 0 Å². The van der Waals surface area contributed by atoms with Crippen molar-refractivity contribution in [3.63, 3.8) is 0 Å². The minimum Gasteiger partial charge on any atom is -0.507 e. The Morgan fingerprint density at radius 3 is 2.64 bits per heavy atom. The predicted octanol–water partition coefficient (Wildman–Crippen LogP) is 2.64. The third-order valence-corrected chi connectivity index (χ3v) is 2.91. The number of halogens is 1. The van der Waals surface area contributed by atoms with Crippen LogP contribution < -0.4 is 5.32 Å². The van der Waals surface area contributed by atoms with Gasteiger partial charge in [-0.1, -0.05) is 18.2 Å². The maximum Gasteiger partial charge on any atom is 0.342 e. The molecular formula is C16H14FNO4. The second-order valence-electron chi connectivity index (χ2n) is 4.61. The predicted molar refractivity (Wildman–Crippen MR) is 78.2 cm³/mol. The number of nitrogens with one attached hydrogen (secondary N) is 1. The molecule has 1 amide bonds. The number of anilines is 1. The van der Waals surface area contributed by atoms with Crippen molar-refractivity contribution in [2.45, 2.75) is 6.92 Å². The Labute approximate surface area is 126 Å². The molecule has 2 rings (SSSR count). The van der Waals surface area contributed by atoms with Gasteiger partial charge < -0.3 is 15.2 Å². The van der Waals surface area contributed by atoms with Crippen LogP contribution in [0, 0.1) is 12.7 Å². The van der Waals surface area contributed by atoms with Crippen molar-refractivity contribution in [2.24, 2.45) is 0 Å². The third-order valence-electron chi connectivity index (χ3n) is 2.91. The van der Waals surface area contributed by atoms with Crippen LogP contribution in [0.1, 0.15) is 15.9 Å². The molecule has 0 aromatic heterocycles. The monoisotopic (exact) mass is 303 g/mol. The van der Waals surface area contributed by atoms with Gasteiger partial charge in [-0.05, 0) is 36.8 Å². The maximum atomic E-state index is 13.3. The van der Waals surface area contributed by atoms with Gasteiger partial charge in [0.25, 0.3) is 5.91 Å². The highest BCUT2D eigenvalue weighted by Gasteiger charge is 2.14. The Hall–Kier alpha value is -2.89. The van der Waals surface area contributed by atoms with Crippen molar-refractivity contribution in [3.8, 4) is 5.75 Å². The molecule has 0 aliphatic carbocycles. The Bertz CT molecular complexity index is 715. The molecule has 0 saturated carbocycles. The van der Waals surface area contributed by atoms with E-state index in [1.54, 1.807) is 25.1 Å². The molecule has 0 aliphatic heterocycles. The maximum absolute atomic E-state index is 13.3. The van der Waals surface area contributed by atoms with E-state index >= 15 is 0 Å². The SMILES string of the molecule is Cc1ccc(NC(=O)COC(=O)c2ccccc2O)cc1F. The zero-order valence-corrected chi connectivity index (χ0v) is 11.8. The number of hydrogen-bond acceptors (Lipinski definition) is 4. The van der Waals surface area contributed by atoms with E-state index in [0.717, 1.165) is 0 Å². The number of carbonyl (C=O) groups excluding carboxylic acids is 2. The number of amides is 1. The summed E-state index contributed by atoms with van der Waals surface area (Å²) >= 11 is 0. The Morgan fingerprint density at radius 2 is 1.95 bits per heavy atom. The van der Waals surface area contributed by atoms with Gasteiger partial charge in [0.1, 0.15) is 17.1 Å². The molecule has 0 unspecified atom stereocenters. The Balaban J connectivity index is 1.91. The van der Waals surface area contributed by atoms with Crippen molar-refractivity contribution in [1.82, 2.24) is 0 Å². The molecule has 0 spiro atoms. The molecule has 2 aromatic rings. The summed E-state index contributed by atoms with van der Waals surface area (Å²) in [4.78, 5) is 23.4. The smallest absolute Gasteiger partial charge is 0.342 e. The van der Waals surface area contributed by atoms with E-state index in [-0.39, 0.29) is 17.0 Å². The second-order valence-corrected chi connectivity index (χ2v) is 4.61. The molecule has 0 bridgehead atoms. The normalized spacial score (nSPS) is 10.1. The second kappa shape index (κ2) is 6.71. The molecule has 22 heavy (non-hydrogen) atoms. The molecule has 0 aliphatic rings. The van der Waals surface area contributed by atoms with E-state index in [1.165, 1.54) is 24.3 Å². The summed E-state index contributed by atoms with van der Waals surface area (Å²) in [6.45, 7) is 1.07. The molecule has 0 radical (unpaired) electrons. The first-order valence-corrected chi connectivity index (χ1v) is 6.48. The van der Waals surface area contributed by atoms with E-state index in [0.29, 0.717) is 5.56 Å². The largest absolute Gasteiger partial charge is 0.507 e. The minimum absolute atomic E-state index is 0.0309. The van der Waals surface area contributed by atoms with Crippen molar-refractivity contribution in [2.75, 3.05) is 11.9 Å². The van der Waals surface area contributed by atoms with Gasteiger partial charge >= 0.3 is 5.97 Å². The standard InChI is InChI=1S/C16H14FNO4/c1-10-6-7-11(8-13(10)17)18-15(20)9-22-16(21)12-4-2-3-5-14(12)19/h2-8,19H,9H2,1H3,(H,18,20). The highest BCUT2D eigenvalue weighted by atomic mass is 19.1. The fraction of sp³-hybridized carbons (Fsp3) is 0.125. The molecule has 2 N–H and O–H groups in total. The fourth-order valence-corrected chi connectivity index (χ4v) is 1.72. The highest BCUT2D eigenvalue weighted by molar-refractivity contribution is 5.96. The number of rotatable bonds is 4. The van der Waals surface area contributed by atoms with Gasteiger partial charge in [0, 0.05) is 5.69 Å². The Morgan fingerprint density at radius 1 is 1.23 bits per heavy atom. The van der Waals surface area contributed by atoms with Gasteiger partial charge in [0.15, 0.2) is 6.61 Å². The first-order valence-electron chi connectivity index (χ1n) is 6.48. The highest BCUT2D eigenvalue weighted by Crippen LogP contribution is 2.17. The number of para-hydroxylation sites is 1. The Kier molecular flexibility index (Phi) is 4.73. The average Bonchev–Trinajstić information content (AvgIpc) is 2.49. The quantitative estimate of drug-likeness (QED) is 0.851. The summed E-state index contributed by atoms with van der Waals surface area (Å²) in [5.74, 6) is -2.09. The van der Waals surface area contributed by atoms with E-state index in [2.05, 4.69) is 5.32 Å². The van der Waals surface area contributed by atoms with Gasteiger partial charge in [0.05, 0.1) is 0 Å². The lowest BCUT2D eigenvalue weighted by atomic mass is 10.2. The van der Waals surface area contributed by atoms with Crippen LogP contribution in [0.2, 0.25) is 0 Å². The first-order chi connectivity index (χ1) is 10.5. The van der Waals surface area contributed by atoms with Crippen molar-refractivity contribution >= 4 is 17.6 Å². The van der Waals surface area contributed by atoms with E-state index in [4.69, 9.17) is 4.74 Å². The van der Waals surface area contributed by atoms with E-state index < -0.39 is 24.3 Å². The first kappa shape index (κ1) is 15.5. The number of phenolic OH excluding ortho intramolecular Hbond substituents is 1. The van der Waals surface area contributed by atoms with Crippen LogP contribution in [0.25, 0.3) is 0 Å². The van der Waals surface area contributed by atoms with Crippen molar-refractivity contribution in [3.05, 3.63) is 59.4 Å². The lowest BCUT2D eigenvalue weighted by molar-refractivity contribution is -0.119. The van der Waals surface area contributed by atoms with Gasteiger partial charge in [0.2, 0.25) is 0 Å². The summed E-state index contributed by atoms with van der Waals surface area (Å²) in [5, 5.41) is 11.9. The number of phenols is 1. The molecule has 114 valence electrons. The summed E-state index contributed by atoms with van der Waals surface area (Å²) < 4.78 is 18.1. The minimum atomic E-state index is -0.816. The zero-order valence-electron chi connectivity index (χ0n) is 11.8. The van der Waals surface area contributed by atoms with E-state index in [1.807, 2.05) is 0 Å². The number of esters is 1. The molecule has 2 aromatic carbocycles. The number of carbonyl (C=O) groups is 2. The summed E-state index contributed by atoms with van der Waals surface area (Å²) in [6.07, 6.45) is 0. The topological polar surface area (TPSA) is 75.6 Å². The van der Waals surface area contributed by atoms with Crippen LogP contribution >= 0.6 is 0 Å². The van der Waals surface area contributed by atoms with Gasteiger partial charge in [-0.2, -0.15) is 0 Å². The van der Waals surface area contributed by atoms with Gasteiger partial charge in [-0.3, -0.25) is 4.79 Å². The number of hydrogen-bond donors (Lipinski definition) is 2. The van der Waals surface area contributed by atoms with Gasteiger partial charge in [-0.15, -0.1) is 0 Å². The number of aryl methyl sites for hydroxylation is 1. The number of ether oxygens (including phenoxy) is 1. The van der Waals surface area contributed by atoms with E-state index in [9.17, 15) is 19.1 Å². The molecule has 0 saturated heterocycles. The van der Waals surface area contributed by atoms with Gasteiger partial charge in [-0.25, -0.2) is 9.18 Å². The molecule has 5 nitrogen and oxygen atoms in total. The van der Waals surface area contributed by atoms with Crippen LogP contribution in [0.5, 0.6) is 5.75 Å². The molecule has 6 heteroatoms.